The molecule has 126 valence electrons. The van der Waals surface area contributed by atoms with E-state index in [0.717, 1.165) is 34.1 Å². The lowest BCUT2D eigenvalue weighted by molar-refractivity contribution is 0.345. The highest BCUT2D eigenvalue weighted by atomic mass is 35.5. The Morgan fingerprint density at radius 1 is 1.25 bits per heavy atom. The maximum absolute atomic E-state index is 13.0. The Morgan fingerprint density at radius 2 is 2.00 bits per heavy atom. The number of pyridine rings is 1. The monoisotopic (exact) mass is 362 g/mol. The van der Waals surface area contributed by atoms with Crippen LogP contribution in [0, 0.1) is 0 Å². The van der Waals surface area contributed by atoms with Crippen molar-refractivity contribution < 1.29 is 0 Å². The average Bonchev–Trinajstić information content (AvgIpc) is 2.95. The SMILES string of the molecule is CN(C)c1c(Cl)ncc2sc3c(=O)n(C4CCCCC4)cnc3c12. The van der Waals surface area contributed by atoms with Gasteiger partial charge in [0.05, 0.1) is 22.2 Å². The Balaban J connectivity index is 1.99. The summed E-state index contributed by atoms with van der Waals surface area (Å²) >= 11 is 7.75. The molecule has 1 aliphatic rings. The minimum Gasteiger partial charge on any atom is -0.375 e. The minimum atomic E-state index is 0.0638. The van der Waals surface area contributed by atoms with Crippen LogP contribution in [0.5, 0.6) is 0 Å². The molecule has 0 unspecified atom stereocenters. The summed E-state index contributed by atoms with van der Waals surface area (Å²) in [5.41, 5.74) is 1.62. The smallest absolute Gasteiger partial charge is 0.271 e. The Bertz CT molecular complexity index is 972. The van der Waals surface area contributed by atoms with E-state index >= 15 is 0 Å². The van der Waals surface area contributed by atoms with Gasteiger partial charge < -0.3 is 4.90 Å². The number of thiophene rings is 1. The predicted molar refractivity (Wildman–Crippen MR) is 101 cm³/mol. The molecule has 0 radical (unpaired) electrons. The van der Waals surface area contributed by atoms with Gasteiger partial charge in [0, 0.05) is 31.7 Å². The van der Waals surface area contributed by atoms with Crippen molar-refractivity contribution in [2.24, 2.45) is 0 Å². The van der Waals surface area contributed by atoms with E-state index in [0.29, 0.717) is 9.85 Å². The van der Waals surface area contributed by atoms with Crippen molar-refractivity contribution in [3.8, 4) is 0 Å². The second kappa shape index (κ2) is 6.01. The summed E-state index contributed by atoms with van der Waals surface area (Å²) < 4.78 is 3.48. The summed E-state index contributed by atoms with van der Waals surface area (Å²) in [5, 5.41) is 1.36. The van der Waals surface area contributed by atoms with Crippen LogP contribution >= 0.6 is 22.9 Å². The highest BCUT2D eigenvalue weighted by Gasteiger charge is 2.22. The zero-order valence-corrected chi connectivity index (χ0v) is 15.3. The van der Waals surface area contributed by atoms with Crippen LogP contribution in [-0.4, -0.2) is 28.6 Å². The van der Waals surface area contributed by atoms with Crippen molar-refractivity contribution in [2.45, 2.75) is 38.1 Å². The number of hydrogen-bond acceptors (Lipinski definition) is 5. The number of halogens is 1. The van der Waals surface area contributed by atoms with Crippen LogP contribution in [0.2, 0.25) is 5.15 Å². The molecule has 3 aromatic rings. The molecule has 24 heavy (non-hydrogen) atoms. The van der Waals surface area contributed by atoms with Gasteiger partial charge >= 0.3 is 0 Å². The van der Waals surface area contributed by atoms with Crippen LogP contribution in [0.15, 0.2) is 17.3 Å². The number of rotatable bonds is 2. The molecule has 0 bridgehead atoms. The van der Waals surface area contributed by atoms with Gasteiger partial charge in [0.25, 0.3) is 5.56 Å². The first-order valence-corrected chi connectivity index (χ1v) is 9.42. The van der Waals surface area contributed by atoms with E-state index in [4.69, 9.17) is 11.6 Å². The number of anilines is 1. The Kier molecular flexibility index (Phi) is 3.96. The van der Waals surface area contributed by atoms with E-state index in [9.17, 15) is 4.79 Å². The van der Waals surface area contributed by atoms with Crippen LogP contribution in [0.1, 0.15) is 38.1 Å². The van der Waals surface area contributed by atoms with Crippen molar-refractivity contribution in [2.75, 3.05) is 19.0 Å². The molecule has 0 amide bonds. The van der Waals surface area contributed by atoms with Gasteiger partial charge in [-0.15, -0.1) is 11.3 Å². The van der Waals surface area contributed by atoms with Crippen LogP contribution < -0.4 is 10.5 Å². The molecular formula is C17H19ClN4OS. The molecule has 0 spiro atoms. The molecule has 0 N–H and O–H groups in total. The summed E-state index contributed by atoms with van der Waals surface area (Å²) in [7, 11) is 3.85. The van der Waals surface area contributed by atoms with Crippen molar-refractivity contribution in [3.05, 3.63) is 28.0 Å². The second-order valence-electron chi connectivity index (χ2n) is 6.56. The fraction of sp³-hybridized carbons (Fsp3) is 0.471. The molecule has 0 aliphatic heterocycles. The Hall–Kier alpha value is -1.66. The first kappa shape index (κ1) is 15.8. The standard InChI is InChI=1S/C17H19ClN4OS/c1-21(2)14-12-11(8-19-16(14)18)24-15-13(12)20-9-22(17(15)23)10-6-4-3-5-7-10/h8-10H,3-7H2,1-2H3. The lowest BCUT2D eigenvalue weighted by Crippen LogP contribution is -2.26. The zero-order chi connectivity index (χ0) is 16.8. The van der Waals surface area contributed by atoms with Gasteiger partial charge in [-0.3, -0.25) is 9.36 Å². The van der Waals surface area contributed by atoms with Gasteiger partial charge in [0.1, 0.15) is 4.70 Å². The van der Waals surface area contributed by atoms with Crippen molar-refractivity contribution in [3.63, 3.8) is 0 Å². The Labute approximate surface area is 148 Å². The van der Waals surface area contributed by atoms with Gasteiger partial charge in [-0.1, -0.05) is 30.9 Å². The van der Waals surface area contributed by atoms with Gasteiger partial charge in [0.15, 0.2) is 5.15 Å². The van der Waals surface area contributed by atoms with E-state index in [1.54, 1.807) is 12.5 Å². The molecule has 3 aromatic heterocycles. The maximum atomic E-state index is 13.0. The van der Waals surface area contributed by atoms with Gasteiger partial charge in [-0.05, 0) is 12.8 Å². The Morgan fingerprint density at radius 3 is 2.71 bits per heavy atom. The molecule has 3 heterocycles. The molecule has 1 aliphatic carbocycles. The summed E-state index contributed by atoms with van der Waals surface area (Å²) in [6.07, 6.45) is 9.22. The molecule has 5 nitrogen and oxygen atoms in total. The zero-order valence-electron chi connectivity index (χ0n) is 13.8. The lowest BCUT2D eigenvalue weighted by Gasteiger charge is -2.23. The molecule has 1 fully saturated rings. The normalized spacial score (nSPS) is 16.1. The lowest BCUT2D eigenvalue weighted by atomic mass is 9.95. The minimum absolute atomic E-state index is 0.0638. The van der Waals surface area contributed by atoms with Crippen LogP contribution in [-0.2, 0) is 0 Å². The predicted octanol–water partition coefficient (Wildman–Crippen LogP) is 4.23. The van der Waals surface area contributed by atoms with E-state index in [-0.39, 0.29) is 11.6 Å². The molecule has 0 atom stereocenters. The quantitative estimate of drug-likeness (QED) is 0.640. The van der Waals surface area contributed by atoms with E-state index in [2.05, 4.69) is 9.97 Å². The van der Waals surface area contributed by atoms with Gasteiger partial charge in [-0.25, -0.2) is 9.97 Å². The number of hydrogen-bond donors (Lipinski definition) is 0. The summed E-state index contributed by atoms with van der Waals surface area (Å²) in [4.78, 5) is 23.9. The highest BCUT2D eigenvalue weighted by molar-refractivity contribution is 7.25. The van der Waals surface area contributed by atoms with Crippen molar-refractivity contribution in [1.29, 1.82) is 0 Å². The molecule has 4 rings (SSSR count). The van der Waals surface area contributed by atoms with Crippen LogP contribution in [0.25, 0.3) is 20.3 Å². The van der Waals surface area contributed by atoms with E-state index in [1.807, 2.05) is 23.6 Å². The fourth-order valence-electron chi connectivity index (χ4n) is 3.62. The largest absolute Gasteiger partial charge is 0.375 e. The summed E-state index contributed by atoms with van der Waals surface area (Å²) in [6, 6.07) is 0.281. The third kappa shape index (κ3) is 2.40. The first-order valence-electron chi connectivity index (χ1n) is 8.23. The fourth-order valence-corrected chi connectivity index (χ4v) is 5.00. The average molecular weight is 363 g/mol. The van der Waals surface area contributed by atoms with E-state index < -0.39 is 0 Å². The molecule has 7 heteroatoms. The topological polar surface area (TPSA) is 51.0 Å². The number of aromatic nitrogens is 3. The second-order valence-corrected chi connectivity index (χ2v) is 7.97. The summed E-state index contributed by atoms with van der Waals surface area (Å²) in [5.74, 6) is 0. The number of nitrogens with zero attached hydrogens (tertiary/aromatic N) is 4. The molecule has 1 saturated carbocycles. The van der Waals surface area contributed by atoms with E-state index in [1.165, 1.54) is 30.6 Å². The third-order valence-corrected chi connectivity index (χ3v) is 6.17. The molecular weight excluding hydrogens is 344 g/mol. The molecule has 0 aromatic carbocycles. The third-order valence-electron chi connectivity index (χ3n) is 4.79. The summed E-state index contributed by atoms with van der Waals surface area (Å²) in [6.45, 7) is 0. The van der Waals surface area contributed by atoms with Crippen LogP contribution in [0.3, 0.4) is 0 Å². The van der Waals surface area contributed by atoms with Crippen molar-refractivity contribution in [1.82, 2.24) is 14.5 Å². The maximum Gasteiger partial charge on any atom is 0.271 e. The van der Waals surface area contributed by atoms with Crippen molar-refractivity contribution >= 4 is 48.9 Å². The first-order chi connectivity index (χ1) is 11.6. The van der Waals surface area contributed by atoms with Crippen LogP contribution in [0.4, 0.5) is 5.69 Å². The van der Waals surface area contributed by atoms with Gasteiger partial charge in [-0.2, -0.15) is 0 Å². The molecule has 0 saturated heterocycles. The highest BCUT2D eigenvalue weighted by Crippen LogP contribution is 2.39. The number of fused-ring (bicyclic) bond motifs is 3. The van der Waals surface area contributed by atoms with Gasteiger partial charge in [0.2, 0.25) is 0 Å².